The number of aliphatic hydroxyl groups is 1. The van der Waals surface area contributed by atoms with E-state index in [0.717, 1.165) is 0 Å². The number of non-ortho nitro benzene ring substituents is 1. The van der Waals surface area contributed by atoms with Crippen LogP contribution < -0.4 is 4.74 Å². The fraction of sp³-hybridized carbons (Fsp3) is 0.571. The molecule has 0 radical (unpaired) electrons. The maximum atomic E-state index is 10.7. The Balaban J connectivity index is 2.62. The van der Waals surface area contributed by atoms with Crippen LogP contribution >= 0.6 is 0 Å². The number of aliphatic hydroxyl groups excluding tert-OH is 1. The molecule has 0 aromatic heterocycles. The predicted octanol–water partition coefficient (Wildman–Crippen LogP) is 2.70. The SMILES string of the molecule is CC(C)COCCOc1ccc([N+](=O)[O-])cc1C(C)O. The molecule has 0 saturated carbocycles. The van der Waals surface area contributed by atoms with Crippen molar-refractivity contribution in [2.24, 2.45) is 5.92 Å². The van der Waals surface area contributed by atoms with Gasteiger partial charge in [-0.25, -0.2) is 0 Å². The van der Waals surface area contributed by atoms with Gasteiger partial charge in [0.25, 0.3) is 5.69 Å². The van der Waals surface area contributed by atoms with Gasteiger partial charge < -0.3 is 14.6 Å². The van der Waals surface area contributed by atoms with E-state index in [9.17, 15) is 15.2 Å². The summed E-state index contributed by atoms with van der Waals surface area (Å²) in [6, 6.07) is 4.19. The van der Waals surface area contributed by atoms with E-state index < -0.39 is 11.0 Å². The molecule has 1 rings (SSSR count). The number of benzene rings is 1. The Bertz CT molecular complexity index is 445. The van der Waals surface area contributed by atoms with E-state index in [2.05, 4.69) is 13.8 Å². The van der Waals surface area contributed by atoms with E-state index in [0.29, 0.717) is 37.1 Å². The van der Waals surface area contributed by atoms with Gasteiger partial charge in [-0.2, -0.15) is 0 Å². The Hall–Kier alpha value is -1.66. The van der Waals surface area contributed by atoms with Crippen LogP contribution in [0.3, 0.4) is 0 Å². The molecule has 0 amide bonds. The highest BCUT2D eigenvalue weighted by molar-refractivity contribution is 5.44. The summed E-state index contributed by atoms with van der Waals surface area (Å²) in [5.74, 6) is 0.904. The third-order valence-corrected chi connectivity index (χ3v) is 2.59. The molecule has 1 aromatic rings. The molecule has 20 heavy (non-hydrogen) atoms. The third-order valence-electron chi connectivity index (χ3n) is 2.59. The topological polar surface area (TPSA) is 81.8 Å². The molecule has 0 heterocycles. The molecule has 1 N–H and O–H groups in total. The summed E-state index contributed by atoms with van der Waals surface area (Å²) in [6.07, 6.45) is -0.832. The monoisotopic (exact) mass is 283 g/mol. The summed E-state index contributed by atoms with van der Waals surface area (Å²) in [7, 11) is 0. The van der Waals surface area contributed by atoms with Crippen molar-refractivity contribution in [2.75, 3.05) is 19.8 Å². The highest BCUT2D eigenvalue weighted by Crippen LogP contribution is 2.29. The Morgan fingerprint density at radius 1 is 1.30 bits per heavy atom. The lowest BCUT2D eigenvalue weighted by molar-refractivity contribution is -0.385. The number of ether oxygens (including phenoxy) is 2. The van der Waals surface area contributed by atoms with E-state index in [-0.39, 0.29) is 5.69 Å². The second kappa shape index (κ2) is 7.81. The van der Waals surface area contributed by atoms with Crippen LogP contribution in [-0.2, 0) is 4.74 Å². The van der Waals surface area contributed by atoms with Crippen molar-refractivity contribution in [3.63, 3.8) is 0 Å². The average Bonchev–Trinajstić information content (AvgIpc) is 2.37. The maximum absolute atomic E-state index is 10.7. The van der Waals surface area contributed by atoms with Gasteiger partial charge in [0.05, 0.1) is 17.6 Å². The third kappa shape index (κ3) is 5.14. The number of nitrogens with zero attached hydrogens (tertiary/aromatic N) is 1. The predicted molar refractivity (Wildman–Crippen MR) is 74.9 cm³/mol. The molecular weight excluding hydrogens is 262 g/mol. The Labute approximate surface area is 118 Å². The zero-order valence-electron chi connectivity index (χ0n) is 12.0. The lowest BCUT2D eigenvalue weighted by Gasteiger charge is -2.13. The van der Waals surface area contributed by atoms with Gasteiger partial charge in [-0.1, -0.05) is 13.8 Å². The number of hydrogen-bond acceptors (Lipinski definition) is 5. The lowest BCUT2D eigenvalue weighted by Crippen LogP contribution is -2.11. The summed E-state index contributed by atoms with van der Waals surface area (Å²) in [5, 5.41) is 20.4. The highest BCUT2D eigenvalue weighted by Gasteiger charge is 2.15. The van der Waals surface area contributed by atoms with Gasteiger partial charge in [-0.15, -0.1) is 0 Å². The van der Waals surface area contributed by atoms with E-state index >= 15 is 0 Å². The minimum Gasteiger partial charge on any atom is -0.491 e. The Morgan fingerprint density at radius 2 is 2.00 bits per heavy atom. The summed E-state index contributed by atoms with van der Waals surface area (Å²) in [4.78, 5) is 10.2. The average molecular weight is 283 g/mol. The van der Waals surface area contributed by atoms with Gasteiger partial charge in [0.1, 0.15) is 12.4 Å². The number of hydrogen-bond donors (Lipinski definition) is 1. The van der Waals surface area contributed by atoms with Crippen molar-refractivity contribution in [2.45, 2.75) is 26.9 Å². The standard InChI is InChI=1S/C14H21NO5/c1-10(2)9-19-6-7-20-14-5-4-12(15(17)18)8-13(14)11(3)16/h4-5,8,10-11,16H,6-7,9H2,1-3H3. The van der Waals surface area contributed by atoms with E-state index in [1.807, 2.05) is 0 Å². The number of rotatable bonds is 8. The van der Waals surface area contributed by atoms with E-state index in [1.165, 1.54) is 18.2 Å². The van der Waals surface area contributed by atoms with Crippen LogP contribution in [-0.4, -0.2) is 29.9 Å². The minimum atomic E-state index is -0.832. The van der Waals surface area contributed by atoms with Gasteiger partial charge in [0.15, 0.2) is 0 Å². The van der Waals surface area contributed by atoms with Crippen LogP contribution in [0.2, 0.25) is 0 Å². The van der Waals surface area contributed by atoms with Crippen molar-refractivity contribution < 1.29 is 19.5 Å². The molecule has 6 heteroatoms. The molecule has 0 aliphatic heterocycles. The number of nitro benzene ring substituents is 1. The van der Waals surface area contributed by atoms with Crippen LogP contribution in [0.25, 0.3) is 0 Å². The molecule has 1 aromatic carbocycles. The van der Waals surface area contributed by atoms with Crippen molar-refractivity contribution in [1.29, 1.82) is 0 Å². The summed E-state index contributed by atoms with van der Waals surface area (Å²) in [6.45, 7) is 7.10. The molecule has 1 unspecified atom stereocenters. The van der Waals surface area contributed by atoms with Crippen LogP contribution in [0, 0.1) is 16.0 Å². The molecule has 0 saturated heterocycles. The molecule has 1 atom stereocenters. The highest BCUT2D eigenvalue weighted by atomic mass is 16.6. The normalized spacial score (nSPS) is 12.4. The minimum absolute atomic E-state index is 0.0655. The molecule has 0 aliphatic rings. The summed E-state index contributed by atoms with van der Waals surface area (Å²) < 4.78 is 10.9. The second-order valence-electron chi connectivity index (χ2n) is 4.97. The molecule has 0 spiro atoms. The van der Waals surface area contributed by atoms with E-state index in [1.54, 1.807) is 6.92 Å². The Kier molecular flexibility index (Phi) is 6.41. The largest absolute Gasteiger partial charge is 0.491 e. The van der Waals surface area contributed by atoms with Crippen LogP contribution in [0.15, 0.2) is 18.2 Å². The van der Waals surface area contributed by atoms with Crippen molar-refractivity contribution in [3.8, 4) is 5.75 Å². The fourth-order valence-electron chi connectivity index (χ4n) is 1.64. The quantitative estimate of drug-likeness (QED) is 0.450. The van der Waals surface area contributed by atoms with E-state index in [4.69, 9.17) is 9.47 Å². The molecule has 112 valence electrons. The first-order chi connectivity index (χ1) is 9.41. The van der Waals surface area contributed by atoms with Gasteiger partial charge in [0.2, 0.25) is 0 Å². The Morgan fingerprint density at radius 3 is 2.55 bits per heavy atom. The molecule has 0 fully saturated rings. The van der Waals surface area contributed by atoms with Crippen molar-refractivity contribution >= 4 is 5.69 Å². The van der Waals surface area contributed by atoms with Crippen molar-refractivity contribution in [1.82, 2.24) is 0 Å². The molecule has 0 bridgehead atoms. The van der Waals surface area contributed by atoms with Gasteiger partial charge in [-0.3, -0.25) is 10.1 Å². The number of nitro groups is 1. The van der Waals surface area contributed by atoms with Gasteiger partial charge in [-0.05, 0) is 18.9 Å². The zero-order chi connectivity index (χ0) is 15.1. The van der Waals surface area contributed by atoms with Crippen LogP contribution in [0.5, 0.6) is 5.75 Å². The van der Waals surface area contributed by atoms with Crippen LogP contribution in [0.1, 0.15) is 32.4 Å². The maximum Gasteiger partial charge on any atom is 0.270 e. The molecular formula is C14H21NO5. The van der Waals surface area contributed by atoms with Crippen LogP contribution in [0.4, 0.5) is 5.69 Å². The van der Waals surface area contributed by atoms with Gasteiger partial charge in [0, 0.05) is 24.3 Å². The smallest absolute Gasteiger partial charge is 0.270 e. The first-order valence-corrected chi connectivity index (χ1v) is 6.58. The first kappa shape index (κ1) is 16.4. The second-order valence-corrected chi connectivity index (χ2v) is 4.97. The summed E-state index contributed by atoms with van der Waals surface area (Å²) >= 11 is 0. The molecule has 6 nitrogen and oxygen atoms in total. The fourth-order valence-corrected chi connectivity index (χ4v) is 1.64. The van der Waals surface area contributed by atoms with Crippen molar-refractivity contribution in [3.05, 3.63) is 33.9 Å². The zero-order valence-corrected chi connectivity index (χ0v) is 12.0. The lowest BCUT2D eigenvalue weighted by atomic mass is 10.1. The first-order valence-electron chi connectivity index (χ1n) is 6.58. The van der Waals surface area contributed by atoms with Gasteiger partial charge >= 0.3 is 0 Å². The molecule has 0 aliphatic carbocycles. The summed E-state index contributed by atoms with van der Waals surface area (Å²) in [5.41, 5.74) is 0.340.